The maximum Gasteiger partial charge on any atom is 0.337 e. The predicted molar refractivity (Wildman–Crippen MR) is 117 cm³/mol. The van der Waals surface area contributed by atoms with Gasteiger partial charge in [0.1, 0.15) is 17.2 Å². The average Bonchev–Trinajstić information content (AvgIpc) is 2.80. The van der Waals surface area contributed by atoms with Crippen molar-refractivity contribution in [1.82, 2.24) is 0 Å². The van der Waals surface area contributed by atoms with Crippen molar-refractivity contribution in [3.63, 3.8) is 0 Å². The lowest BCUT2D eigenvalue weighted by molar-refractivity contribution is -0.384. The molecule has 0 radical (unpaired) electrons. The van der Waals surface area contributed by atoms with E-state index in [2.05, 4.69) is 5.32 Å². The standard InChI is InChI=1S/C23H20N2O7/c1-14-4-5-15(23(27)31-3)12-20(14)24-22(26)19-13-16(25(28)29)6-11-21(19)32-18-9-7-17(30-2)8-10-18/h4-13H,1-3H3,(H,24,26). The fraction of sp³-hybridized carbons (Fsp3) is 0.130. The van der Waals surface area contributed by atoms with E-state index in [1.54, 1.807) is 43.3 Å². The van der Waals surface area contributed by atoms with Crippen LogP contribution in [-0.4, -0.2) is 31.0 Å². The highest BCUT2D eigenvalue weighted by molar-refractivity contribution is 6.07. The third-order valence-electron chi connectivity index (χ3n) is 4.61. The second-order valence-electron chi connectivity index (χ2n) is 6.69. The Labute approximate surface area is 183 Å². The van der Waals surface area contributed by atoms with E-state index in [-0.39, 0.29) is 22.6 Å². The lowest BCUT2D eigenvalue weighted by Crippen LogP contribution is -2.15. The van der Waals surface area contributed by atoms with Crippen molar-refractivity contribution in [1.29, 1.82) is 0 Å². The molecule has 0 aliphatic carbocycles. The second kappa shape index (κ2) is 9.61. The third kappa shape index (κ3) is 5.01. The first-order chi connectivity index (χ1) is 15.3. The number of aryl methyl sites for hydroxylation is 1. The van der Waals surface area contributed by atoms with Crippen LogP contribution in [-0.2, 0) is 4.74 Å². The Kier molecular flexibility index (Phi) is 6.69. The minimum absolute atomic E-state index is 0.0436. The van der Waals surface area contributed by atoms with E-state index in [1.165, 1.54) is 32.4 Å². The molecule has 0 bridgehead atoms. The lowest BCUT2D eigenvalue weighted by Gasteiger charge is -2.13. The molecule has 1 N–H and O–H groups in total. The number of benzene rings is 3. The second-order valence-corrected chi connectivity index (χ2v) is 6.69. The molecule has 3 rings (SSSR count). The lowest BCUT2D eigenvalue weighted by atomic mass is 10.1. The molecule has 3 aromatic rings. The summed E-state index contributed by atoms with van der Waals surface area (Å²) < 4.78 is 15.6. The van der Waals surface area contributed by atoms with Crippen molar-refractivity contribution in [2.24, 2.45) is 0 Å². The predicted octanol–water partition coefficient (Wildman–Crippen LogP) is 4.74. The van der Waals surface area contributed by atoms with Crippen molar-refractivity contribution < 1.29 is 28.7 Å². The van der Waals surface area contributed by atoms with Gasteiger partial charge in [-0.15, -0.1) is 0 Å². The van der Waals surface area contributed by atoms with Gasteiger partial charge in [-0.25, -0.2) is 4.79 Å². The molecule has 32 heavy (non-hydrogen) atoms. The highest BCUT2D eigenvalue weighted by atomic mass is 16.6. The molecule has 0 aromatic heterocycles. The number of methoxy groups -OCH3 is 2. The molecule has 0 heterocycles. The maximum absolute atomic E-state index is 13.1. The summed E-state index contributed by atoms with van der Waals surface area (Å²) in [5.41, 5.74) is 0.992. The smallest absolute Gasteiger partial charge is 0.337 e. The van der Waals surface area contributed by atoms with Gasteiger partial charge in [0.05, 0.1) is 30.3 Å². The average molecular weight is 436 g/mol. The maximum atomic E-state index is 13.1. The van der Waals surface area contributed by atoms with Gasteiger partial charge < -0.3 is 19.5 Å². The van der Waals surface area contributed by atoms with Crippen molar-refractivity contribution in [3.05, 3.63) is 87.5 Å². The highest BCUT2D eigenvalue weighted by Gasteiger charge is 2.20. The fourth-order valence-corrected chi connectivity index (χ4v) is 2.86. The van der Waals surface area contributed by atoms with E-state index < -0.39 is 16.8 Å². The monoisotopic (exact) mass is 436 g/mol. The Hall–Kier alpha value is -4.40. The molecular weight excluding hydrogens is 416 g/mol. The molecular formula is C23H20N2O7. The van der Waals surface area contributed by atoms with Crippen LogP contribution >= 0.6 is 0 Å². The zero-order valence-electron chi connectivity index (χ0n) is 17.6. The topological polar surface area (TPSA) is 117 Å². The number of carbonyl (C=O) groups excluding carboxylic acids is 2. The summed E-state index contributed by atoms with van der Waals surface area (Å²) in [6.45, 7) is 1.75. The summed E-state index contributed by atoms with van der Waals surface area (Å²) in [7, 11) is 2.79. The normalized spacial score (nSPS) is 10.2. The molecule has 164 valence electrons. The number of esters is 1. The van der Waals surface area contributed by atoms with Crippen LogP contribution in [0.15, 0.2) is 60.7 Å². The van der Waals surface area contributed by atoms with E-state index in [4.69, 9.17) is 14.2 Å². The van der Waals surface area contributed by atoms with Crippen molar-refractivity contribution in [3.8, 4) is 17.2 Å². The molecule has 1 amide bonds. The van der Waals surface area contributed by atoms with Crippen LogP contribution in [0.4, 0.5) is 11.4 Å². The molecule has 0 aliphatic heterocycles. The number of nitro groups is 1. The summed E-state index contributed by atoms with van der Waals surface area (Å²) in [4.78, 5) is 35.5. The first kappa shape index (κ1) is 22.3. The molecule has 0 saturated heterocycles. The minimum Gasteiger partial charge on any atom is -0.497 e. The molecule has 0 unspecified atom stereocenters. The number of hydrogen-bond donors (Lipinski definition) is 1. The van der Waals surface area contributed by atoms with Crippen molar-refractivity contribution in [2.75, 3.05) is 19.5 Å². The van der Waals surface area contributed by atoms with Crippen molar-refractivity contribution in [2.45, 2.75) is 6.92 Å². The Morgan fingerprint density at radius 1 is 0.938 bits per heavy atom. The Morgan fingerprint density at radius 3 is 2.25 bits per heavy atom. The number of rotatable bonds is 7. The molecule has 0 spiro atoms. The first-order valence-corrected chi connectivity index (χ1v) is 9.43. The number of nitrogens with one attached hydrogen (secondary N) is 1. The van der Waals surface area contributed by atoms with Crippen LogP contribution < -0.4 is 14.8 Å². The quantitative estimate of drug-likeness (QED) is 0.323. The summed E-state index contributed by atoms with van der Waals surface area (Å²) in [6, 6.07) is 15.1. The van der Waals surface area contributed by atoms with Crippen LogP contribution in [0.1, 0.15) is 26.3 Å². The number of ether oxygens (including phenoxy) is 3. The number of nitro benzene ring substituents is 1. The third-order valence-corrected chi connectivity index (χ3v) is 4.61. The largest absolute Gasteiger partial charge is 0.497 e. The SMILES string of the molecule is COC(=O)c1ccc(C)c(NC(=O)c2cc([N+](=O)[O-])ccc2Oc2ccc(OC)cc2)c1. The van der Waals surface area contributed by atoms with Gasteiger partial charge in [-0.1, -0.05) is 6.07 Å². The molecule has 0 atom stereocenters. The van der Waals surface area contributed by atoms with Gasteiger partial charge in [-0.2, -0.15) is 0 Å². The van der Waals surface area contributed by atoms with E-state index >= 15 is 0 Å². The van der Waals surface area contributed by atoms with Crippen LogP contribution in [0.2, 0.25) is 0 Å². The first-order valence-electron chi connectivity index (χ1n) is 9.43. The zero-order valence-corrected chi connectivity index (χ0v) is 17.6. The van der Waals surface area contributed by atoms with E-state index in [0.29, 0.717) is 22.7 Å². The highest BCUT2D eigenvalue weighted by Crippen LogP contribution is 2.31. The Bertz CT molecular complexity index is 1170. The van der Waals surface area contributed by atoms with E-state index in [9.17, 15) is 19.7 Å². The Balaban J connectivity index is 1.95. The van der Waals surface area contributed by atoms with Gasteiger partial charge in [-0.3, -0.25) is 14.9 Å². The molecule has 0 fully saturated rings. The zero-order chi connectivity index (χ0) is 23.3. The summed E-state index contributed by atoms with van der Waals surface area (Å²) in [5.74, 6) is -0.0284. The molecule has 9 nitrogen and oxygen atoms in total. The van der Waals surface area contributed by atoms with Gasteiger partial charge in [-0.05, 0) is 55.0 Å². The van der Waals surface area contributed by atoms with Crippen LogP contribution in [0.25, 0.3) is 0 Å². The molecule has 9 heteroatoms. The number of non-ortho nitro benzene ring substituents is 1. The molecule has 3 aromatic carbocycles. The molecule has 0 aliphatic rings. The molecule has 0 saturated carbocycles. The van der Waals surface area contributed by atoms with Gasteiger partial charge in [0.2, 0.25) is 0 Å². The fourth-order valence-electron chi connectivity index (χ4n) is 2.86. The van der Waals surface area contributed by atoms with Gasteiger partial charge >= 0.3 is 5.97 Å². The summed E-state index contributed by atoms with van der Waals surface area (Å²) in [5, 5.41) is 13.9. The van der Waals surface area contributed by atoms with Gasteiger partial charge in [0.25, 0.3) is 11.6 Å². The minimum atomic E-state index is -0.637. The number of carbonyl (C=O) groups is 2. The van der Waals surface area contributed by atoms with Crippen LogP contribution in [0.3, 0.4) is 0 Å². The van der Waals surface area contributed by atoms with Gasteiger partial charge in [0.15, 0.2) is 0 Å². The van der Waals surface area contributed by atoms with E-state index in [1.807, 2.05) is 0 Å². The number of anilines is 1. The summed E-state index contributed by atoms with van der Waals surface area (Å²) >= 11 is 0. The van der Waals surface area contributed by atoms with Crippen LogP contribution in [0, 0.1) is 17.0 Å². The van der Waals surface area contributed by atoms with Crippen LogP contribution in [0.5, 0.6) is 17.2 Å². The summed E-state index contributed by atoms with van der Waals surface area (Å²) in [6.07, 6.45) is 0. The van der Waals surface area contributed by atoms with E-state index in [0.717, 1.165) is 6.07 Å². The number of nitrogens with zero attached hydrogens (tertiary/aromatic N) is 1. The van der Waals surface area contributed by atoms with Crippen molar-refractivity contribution >= 4 is 23.3 Å². The van der Waals surface area contributed by atoms with Gasteiger partial charge in [0, 0.05) is 17.8 Å². The Morgan fingerprint density at radius 2 is 1.62 bits per heavy atom. The number of hydrogen-bond acceptors (Lipinski definition) is 7. The number of amides is 1.